The summed E-state index contributed by atoms with van der Waals surface area (Å²) in [5, 5.41) is 2.76. The van der Waals surface area contributed by atoms with Gasteiger partial charge in [0.05, 0.1) is 12.1 Å². The van der Waals surface area contributed by atoms with Crippen molar-refractivity contribution in [3.8, 4) is 0 Å². The van der Waals surface area contributed by atoms with E-state index in [1.807, 2.05) is 20.8 Å². The molecule has 1 saturated heterocycles. The number of piperidine rings is 1. The molecule has 0 aromatic heterocycles. The van der Waals surface area contributed by atoms with Crippen molar-refractivity contribution in [2.24, 2.45) is 10.8 Å². The molecular formula is C21H26F4N2O2. The van der Waals surface area contributed by atoms with Gasteiger partial charge in [-0.25, -0.2) is 4.39 Å². The first-order valence-electron chi connectivity index (χ1n) is 9.74. The summed E-state index contributed by atoms with van der Waals surface area (Å²) in [5.74, 6) is -1.60. The first-order chi connectivity index (χ1) is 13.3. The van der Waals surface area contributed by atoms with Crippen molar-refractivity contribution in [2.75, 3.05) is 19.6 Å². The lowest BCUT2D eigenvalue weighted by molar-refractivity contribution is -0.137. The van der Waals surface area contributed by atoms with Crippen LogP contribution < -0.4 is 5.32 Å². The lowest BCUT2D eigenvalue weighted by Crippen LogP contribution is -2.43. The number of nitrogens with zero attached hydrogens (tertiary/aromatic N) is 1. The van der Waals surface area contributed by atoms with Gasteiger partial charge in [0.25, 0.3) is 5.91 Å². The van der Waals surface area contributed by atoms with Crippen LogP contribution in [-0.2, 0) is 11.0 Å². The highest BCUT2D eigenvalue weighted by atomic mass is 19.4. The summed E-state index contributed by atoms with van der Waals surface area (Å²) in [7, 11) is 0. The number of alkyl halides is 3. The molecule has 1 heterocycles. The normalized spacial score (nSPS) is 21.8. The number of hydrogen-bond acceptors (Lipinski definition) is 3. The molecule has 4 nitrogen and oxygen atoms in total. The summed E-state index contributed by atoms with van der Waals surface area (Å²) in [4.78, 5) is 26.7. The fourth-order valence-electron chi connectivity index (χ4n) is 3.83. The molecule has 0 bridgehead atoms. The minimum Gasteiger partial charge on any atom is -0.349 e. The molecule has 1 aromatic carbocycles. The van der Waals surface area contributed by atoms with Gasteiger partial charge in [0.2, 0.25) is 0 Å². The van der Waals surface area contributed by atoms with Gasteiger partial charge in [-0.3, -0.25) is 14.5 Å². The molecule has 2 fully saturated rings. The third-order valence-corrected chi connectivity index (χ3v) is 6.04. The van der Waals surface area contributed by atoms with Gasteiger partial charge in [-0.05, 0) is 56.0 Å². The van der Waals surface area contributed by atoms with Gasteiger partial charge in [0.15, 0.2) is 5.78 Å². The molecule has 1 aromatic rings. The number of rotatable bonds is 4. The van der Waals surface area contributed by atoms with Crippen LogP contribution in [0.5, 0.6) is 0 Å². The summed E-state index contributed by atoms with van der Waals surface area (Å²) in [6.07, 6.45) is -2.34. The topological polar surface area (TPSA) is 49.4 Å². The second-order valence-corrected chi connectivity index (χ2v) is 9.27. The number of carbonyl (C=O) groups is 2. The van der Waals surface area contributed by atoms with Gasteiger partial charge in [0, 0.05) is 17.0 Å². The van der Waals surface area contributed by atoms with Crippen LogP contribution >= 0.6 is 0 Å². The predicted molar refractivity (Wildman–Crippen MR) is 99.8 cm³/mol. The second-order valence-electron chi connectivity index (χ2n) is 9.27. The first kappa shape index (κ1) is 21.7. The average Bonchev–Trinajstić information content (AvgIpc) is 3.26. The zero-order valence-electron chi connectivity index (χ0n) is 16.8. The molecule has 1 spiro atoms. The highest BCUT2D eigenvalue weighted by molar-refractivity contribution is 5.95. The van der Waals surface area contributed by atoms with Crippen LogP contribution in [0.4, 0.5) is 17.6 Å². The number of hydrogen-bond donors (Lipinski definition) is 1. The van der Waals surface area contributed by atoms with Crippen molar-refractivity contribution in [2.45, 2.75) is 52.3 Å². The van der Waals surface area contributed by atoms with Crippen molar-refractivity contribution in [1.29, 1.82) is 0 Å². The van der Waals surface area contributed by atoms with Gasteiger partial charge >= 0.3 is 6.18 Å². The van der Waals surface area contributed by atoms with Gasteiger partial charge in [-0.15, -0.1) is 0 Å². The van der Waals surface area contributed by atoms with Crippen LogP contribution in [0.2, 0.25) is 0 Å². The summed E-state index contributed by atoms with van der Waals surface area (Å²) in [6, 6.07) is 1.74. The molecule has 1 atom stereocenters. The van der Waals surface area contributed by atoms with E-state index in [4.69, 9.17) is 0 Å². The van der Waals surface area contributed by atoms with E-state index < -0.39 is 23.5 Å². The molecule has 1 amide bonds. The molecule has 2 aliphatic rings. The minimum absolute atomic E-state index is 0.0723. The lowest BCUT2D eigenvalue weighted by atomic mass is 9.88. The van der Waals surface area contributed by atoms with Crippen molar-refractivity contribution in [1.82, 2.24) is 10.2 Å². The Balaban J connectivity index is 1.56. The van der Waals surface area contributed by atoms with Crippen LogP contribution in [0.25, 0.3) is 0 Å². The summed E-state index contributed by atoms with van der Waals surface area (Å²) in [6.45, 7) is 7.57. The van der Waals surface area contributed by atoms with Gasteiger partial charge in [-0.2, -0.15) is 13.2 Å². The Morgan fingerprint density at radius 1 is 1.14 bits per heavy atom. The standard InChI is InChI=1S/C21H26F4N2O2/c1-19(2,3)17(28)12-27-6-4-20(5-7-27)11-16(20)26-18(29)13-8-14(21(23,24)25)10-15(22)9-13/h8-10,16H,4-7,11-12H2,1-3H3,(H,26,29). The lowest BCUT2D eigenvalue weighted by Gasteiger charge is -2.33. The number of benzene rings is 1. The fraction of sp³-hybridized carbons (Fsp3) is 0.619. The third-order valence-electron chi connectivity index (χ3n) is 6.04. The summed E-state index contributed by atoms with van der Waals surface area (Å²) < 4.78 is 52.1. The van der Waals surface area contributed by atoms with E-state index in [1.54, 1.807) is 0 Å². The molecule has 1 N–H and O–H groups in total. The van der Waals surface area contributed by atoms with Crippen LogP contribution in [0.3, 0.4) is 0 Å². The van der Waals surface area contributed by atoms with Crippen molar-refractivity contribution < 1.29 is 27.2 Å². The van der Waals surface area contributed by atoms with E-state index in [-0.39, 0.29) is 28.2 Å². The Bertz CT molecular complexity index is 806. The van der Waals surface area contributed by atoms with Crippen LogP contribution in [-0.4, -0.2) is 42.3 Å². The second kappa shape index (κ2) is 7.38. The zero-order chi connectivity index (χ0) is 21.6. The highest BCUT2D eigenvalue weighted by Crippen LogP contribution is 2.54. The van der Waals surface area contributed by atoms with Gasteiger partial charge < -0.3 is 5.32 Å². The highest BCUT2D eigenvalue weighted by Gasteiger charge is 2.55. The van der Waals surface area contributed by atoms with Crippen LogP contribution in [0, 0.1) is 16.6 Å². The molecular weight excluding hydrogens is 388 g/mol. The molecule has 1 saturated carbocycles. The maximum atomic E-state index is 13.5. The predicted octanol–water partition coefficient (Wildman–Crippen LogP) is 4.04. The van der Waals surface area contributed by atoms with E-state index in [2.05, 4.69) is 10.2 Å². The number of Topliss-reactive ketones (excluding diaryl/α,β-unsaturated/α-hetero) is 1. The van der Waals surface area contributed by atoms with Gasteiger partial charge in [-0.1, -0.05) is 20.8 Å². The first-order valence-corrected chi connectivity index (χ1v) is 9.74. The summed E-state index contributed by atoms with van der Waals surface area (Å²) in [5.41, 5.74) is -1.96. The number of carbonyl (C=O) groups excluding carboxylic acids is 2. The zero-order valence-corrected chi connectivity index (χ0v) is 16.8. The molecule has 0 radical (unpaired) electrons. The number of halogens is 4. The van der Waals surface area contributed by atoms with Crippen molar-refractivity contribution >= 4 is 11.7 Å². The largest absolute Gasteiger partial charge is 0.416 e. The van der Waals surface area contributed by atoms with E-state index in [1.165, 1.54) is 0 Å². The maximum Gasteiger partial charge on any atom is 0.416 e. The number of likely N-dealkylation sites (tertiary alicyclic amines) is 1. The molecule has 8 heteroatoms. The van der Waals surface area contributed by atoms with Gasteiger partial charge in [0.1, 0.15) is 5.82 Å². The van der Waals surface area contributed by atoms with Crippen LogP contribution in [0.15, 0.2) is 18.2 Å². The Labute approximate surface area is 167 Å². The Kier molecular flexibility index (Phi) is 5.53. The third kappa shape index (κ3) is 4.97. The number of amides is 1. The van der Waals surface area contributed by atoms with Crippen LogP contribution in [0.1, 0.15) is 56.0 Å². The van der Waals surface area contributed by atoms with E-state index in [0.29, 0.717) is 18.7 Å². The Morgan fingerprint density at radius 3 is 2.31 bits per heavy atom. The van der Waals surface area contributed by atoms with Crippen molar-refractivity contribution in [3.63, 3.8) is 0 Å². The smallest absolute Gasteiger partial charge is 0.349 e. The molecule has 1 unspecified atom stereocenters. The molecule has 29 heavy (non-hydrogen) atoms. The minimum atomic E-state index is -4.71. The maximum absolute atomic E-state index is 13.5. The number of nitrogens with one attached hydrogen (secondary N) is 1. The molecule has 1 aliphatic carbocycles. The molecule has 1 aliphatic heterocycles. The fourth-order valence-corrected chi connectivity index (χ4v) is 3.83. The molecule has 160 valence electrons. The van der Waals surface area contributed by atoms with Crippen molar-refractivity contribution in [3.05, 3.63) is 35.1 Å². The number of ketones is 1. The summed E-state index contributed by atoms with van der Waals surface area (Å²) >= 11 is 0. The Morgan fingerprint density at radius 2 is 1.76 bits per heavy atom. The molecule has 3 rings (SSSR count). The average molecular weight is 414 g/mol. The van der Waals surface area contributed by atoms with E-state index in [9.17, 15) is 27.2 Å². The monoisotopic (exact) mass is 414 g/mol. The SMILES string of the molecule is CC(C)(C)C(=O)CN1CCC2(CC1)CC2NC(=O)c1cc(F)cc(C(F)(F)F)c1. The van der Waals surface area contributed by atoms with E-state index in [0.717, 1.165) is 38.4 Å². The Hall–Kier alpha value is -1.96. The quantitative estimate of drug-likeness (QED) is 0.757. The van der Waals surface area contributed by atoms with E-state index >= 15 is 0 Å².